The Morgan fingerprint density at radius 1 is 1.29 bits per heavy atom. The predicted octanol–water partition coefficient (Wildman–Crippen LogP) is -0.622. The van der Waals surface area contributed by atoms with E-state index in [4.69, 9.17) is 5.73 Å². The van der Waals surface area contributed by atoms with Crippen LogP contribution in [0.1, 0.15) is 5.56 Å². The molecule has 1 heterocycles. The van der Waals surface area contributed by atoms with Gasteiger partial charge in [-0.25, -0.2) is 0 Å². The standard InChI is InChI=1S/C12H15N3O2/c13-10(16)12(7-14-8-12)11(17)15-6-9-4-2-1-3-5-9/h1-5,14H,6-8H2,(H2,13,16)(H,15,17). The number of rotatable bonds is 4. The van der Waals surface area contributed by atoms with Crippen molar-refractivity contribution in [1.29, 1.82) is 0 Å². The Morgan fingerprint density at radius 2 is 1.94 bits per heavy atom. The molecule has 0 bridgehead atoms. The minimum Gasteiger partial charge on any atom is -0.369 e. The topological polar surface area (TPSA) is 84.2 Å². The molecule has 0 aliphatic carbocycles. The van der Waals surface area contributed by atoms with Gasteiger partial charge in [0, 0.05) is 19.6 Å². The van der Waals surface area contributed by atoms with Crippen LogP contribution in [0.3, 0.4) is 0 Å². The first-order chi connectivity index (χ1) is 8.15. The van der Waals surface area contributed by atoms with Crippen LogP contribution >= 0.6 is 0 Å². The van der Waals surface area contributed by atoms with Crippen molar-refractivity contribution in [2.24, 2.45) is 11.1 Å². The average molecular weight is 233 g/mol. The van der Waals surface area contributed by atoms with E-state index in [1.165, 1.54) is 0 Å². The van der Waals surface area contributed by atoms with E-state index in [0.717, 1.165) is 5.56 Å². The van der Waals surface area contributed by atoms with Gasteiger partial charge in [0.2, 0.25) is 11.8 Å². The molecular weight excluding hydrogens is 218 g/mol. The third kappa shape index (κ3) is 2.14. The highest BCUT2D eigenvalue weighted by Gasteiger charge is 2.49. The molecule has 1 aromatic rings. The van der Waals surface area contributed by atoms with Crippen LogP contribution in [0.5, 0.6) is 0 Å². The zero-order valence-corrected chi connectivity index (χ0v) is 9.40. The first-order valence-corrected chi connectivity index (χ1v) is 5.48. The second kappa shape index (κ2) is 4.55. The van der Waals surface area contributed by atoms with Gasteiger partial charge in [-0.2, -0.15) is 0 Å². The highest BCUT2D eigenvalue weighted by atomic mass is 16.2. The predicted molar refractivity (Wildman–Crippen MR) is 62.8 cm³/mol. The number of benzene rings is 1. The summed E-state index contributed by atoms with van der Waals surface area (Å²) in [5, 5.41) is 5.64. The van der Waals surface area contributed by atoms with Gasteiger partial charge in [-0.15, -0.1) is 0 Å². The molecular formula is C12H15N3O2. The highest BCUT2D eigenvalue weighted by Crippen LogP contribution is 2.22. The molecule has 0 unspecified atom stereocenters. The number of hydrogen-bond acceptors (Lipinski definition) is 3. The summed E-state index contributed by atoms with van der Waals surface area (Å²) in [4.78, 5) is 23.2. The molecule has 1 aromatic carbocycles. The number of nitrogens with one attached hydrogen (secondary N) is 2. The zero-order chi connectivity index (χ0) is 12.3. The molecule has 5 heteroatoms. The Bertz CT molecular complexity index is 427. The Kier molecular flexibility index (Phi) is 3.10. The van der Waals surface area contributed by atoms with Gasteiger partial charge >= 0.3 is 0 Å². The summed E-state index contributed by atoms with van der Waals surface area (Å²) in [5.41, 5.74) is 5.20. The number of amides is 2. The van der Waals surface area contributed by atoms with Crippen molar-refractivity contribution < 1.29 is 9.59 Å². The maximum atomic E-state index is 11.9. The molecule has 0 spiro atoms. The van der Waals surface area contributed by atoms with E-state index in [-0.39, 0.29) is 5.91 Å². The lowest BCUT2D eigenvalue weighted by atomic mass is 9.80. The normalized spacial score (nSPS) is 16.9. The Morgan fingerprint density at radius 3 is 2.41 bits per heavy atom. The number of carbonyl (C=O) groups is 2. The van der Waals surface area contributed by atoms with E-state index in [1.807, 2.05) is 30.3 Å². The summed E-state index contributed by atoms with van der Waals surface area (Å²) in [5.74, 6) is -0.866. The maximum absolute atomic E-state index is 11.9. The largest absolute Gasteiger partial charge is 0.369 e. The summed E-state index contributed by atoms with van der Waals surface area (Å²) in [6.45, 7) is 1.06. The van der Waals surface area contributed by atoms with Crippen molar-refractivity contribution in [3.05, 3.63) is 35.9 Å². The monoisotopic (exact) mass is 233 g/mol. The van der Waals surface area contributed by atoms with Gasteiger partial charge in [0.1, 0.15) is 0 Å². The van der Waals surface area contributed by atoms with Gasteiger partial charge in [0.25, 0.3) is 0 Å². The lowest BCUT2D eigenvalue weighted by Gasteiger charge is -2.37. The van der Waals surface area contributed by atoms with Gasteiger partial charge < -0.3 is 16.4 Å². The van der Waals surface area contributed by atoms with Crippen LogP contribution < -0.4 is 16.4 Å². The molecule has 2 rings (SSSR count). The van der Waals surface area contributed by atoms with Crippen LogP contribution in [0.15, 0.2) is 30.3 Å². The molecule has 90 valence electrons. The van der Waals surface area contributed by atoms with Crippen molar-refractivity contribution in [1.82, 2.24) is 10.6 Å². The second-order valence-electron chi connectivity index (χ2n) is 4.22. The van der Waals surface area contributed by atoms with E-state index in [9.17, 15) is 9.59 Å². The van der Waals surface area contributed by atoms with Crippen molar-refractivity contribution in [2.45, 2.75) is 6.54 Å². The second-order valence-corrected chi connectivity index (χ2v) is 4.22. The van der Waals surface area contributed by atoms with E-state index in [2.05, 4.69) is 10.6 Å². The molecule has 1 aliphatic heterocycles. The van der Waals surface area contributed by atoms with Crippen LogP contribution in [-0.2, 0) is 16.1 Å². The molecule has 0 aromatic heterocycles. The third-order valence-electron chi connectivity index (χ3n) is 3.06. The Hall–Kier alpha value is -1.88. The fourth-order valence-electron chi connectivity index (χ4n) is 1.77. The van der Waals surface area contributed by atoms with Gasteiger partial charge in [0.05, 0.1) is 0 Å². The van der Waals surface area contributed by atoms with Crippen molar-refractivity contribution in [3.63, 3.8) is 0 Å². The van der Waals surface area contributed by atoms with E-state index < -0.39 is 11.3 Å². The molecule has 1 saturated heterocycles. The van der Waals surface area contributed by atoms with Crippen molar-refractivity contribution >= 4 is 11.8 Å². The molecule has 1 aliphatic rings. The van der Waals surface area contributed by atoms with E-state index >= 15 is 0 Å². The Labute approximate surface area is 99.4 Å². The van der Waals surface area contributed by atoms with Crippen LogP contribution in [-0.4, -0.2) is 24.9 Å². The number of hydrogen-bond donors (Lipinski definition) is 3. The summed E-state index contributed by atoms with van der Waals surface area (Å²) < 4.78 is 0. The molecule has 4 N–H and O–H groups in total. The molecule has 0 radical (unpaired) electrons. The first kappa shape index (κ1) is 11.6. The molecule has 1 fully saturated rings. The lowest BCUT2D eigenvalue weighted by Crippen LogP contribution is -2.67. The molecule has 2 amide bonds. The molecule has 17 heavy (non-hydrogen) atoms. The van der Waals surface area contributed by atoms with Crippen LogP contribution in [0.25, 0.3) is 0 Å². The van der Waals surface area contributed by atoms with Crippen molar-refractivity contribution in [3.8, 4) is 0 Å². The van der Waals surface area contributed by atoms with Crippen LogP contribution in [0.4, 0.5) is 0 Å². The number of nitrogens with two attached hydrogens (primary N) is 1. The quantitative estimate of drug-likeness (QED) is 0.606. The van der Waals surface area contributed by atoms with Gasteiger partial charge in [0.15, 0.2) is 5.41 Å². The van der Waals surface area contributed by atoms with Gasteiger partial charge in [-0.1, -0.05) is 30.3 Å². The molecule has 5 nitrogen and oxygen atoms in total. The fraction of sp³-hybridized carbons (Fsp3) is 0.333. The Balaban J connectivity index is 1.96. The maximum Gasteiger partial charge on any atom is 0.238 e. The SMILES string of the molecule is NC(=O)C1(C(=O)NCc2ccccc2)CNC1. The van der Waals surface area contributed by atoms with Gasteiger partial charge in [-0.05, 0) is 5.56 Å². The smallest absolute Gasteiger partial charge is 0.238 e. The van der Waals surface area contributed by atoms with E-state index in [0.29, 0.717) is 19.6 Å². The summed E-state index contributed by atoms with van der Waals surface area (Å²) in [6, 6.07) is 9.53. The van der Waals surface area contributed by atoms with Gasteiger partial charge in [-0.3, -0.25) is 9.59 Å². The lowest BCUT2D eigenvalue weighted by molar-refractivity contribution is -0.145. The zero-order valence-electron chi connectivity index (χ0n) is 9.40. The van der Waals surface area contributed by atoms with E-state index in [1.54, 1.807) is 0 Å². The molecule has 0 saturated carbocycles. The number of primary amides is 1. The van der Waals surface area contributed by atoms with Crippen LogP contribution in [0.2, 0.25) is 0 Å². The first-order valence-electron chi connectivity index (χ1n) is 5.48. The molecule has 0 atom stereocenters. The van der Waals surface area contributed by atoms with Crippen molar-refractivity contribution in [2.75, 3.05) is 13.1 Å². The minimum absolute atomic E-state index is 0.299. The fourth-order valence-corrected chi connectivity index (χ4v) is 1.77. The average Bonchev–Trinajstić information content (AvgIpc) is 2.25. The minimum atomic E-state index is -1.06. The summed E-state index contributed by atoms with van der Waals surface area (Å²) in [6.07, 6.45) is 0. The summed E-state index contributed by atoms with van der Waals surface area (Å²) in [7, 11) is 0. The highest BCUT2D eigenvalue weighted by molar-refractivity contribution is 6.06. The number of carbonyl (C=O) groups excluding carboxylic acids is 2. The van der Waals surface area contributed by atoms with Crippen LogP contribution in [0, 0.1) is 5.41 Å². The third-order valence-corrected chi connectivity index (χ3v) is 3.06. The summed E-state index contributed by atoms with van der Waals surface area (Å²) >= 11 is 0.